The van der Waals surface area contributed by atoms with Crippen molar-refractivity contribution in [1.29, 1.82) is 0 Å². The predicted molar refractivity (Wildman–Crippen MR) is 101 cm³/mol. The fourth-order valence-electron chi connectivity index (χ4n) is 3.56. The molecule has 0 spiro atoms. The van der Waals surface area contributed by atoms with Gasteiger partial charge in [-0.05, 0) is 43.0 Å². The number of fused-ring (bicyclic) bond motifs is 1. The van der Waals surface area contributed by atoms with Gasteiger partial charge < -0.3 is 9.88 Å². The number of halogens is 1. The van der Waals surface area contributed by atoms with E-state index in [1.165, 1.54) is 6.07 Å². The van der Waals surface area contributed by atoms with Crippen LogP contribution in [0.25, 0.3) is 10.9 Å². The fourth-order valence-corrected chi connectivity index (χ4v) is 3.56. The van der Waals surface area contributed by atoms with Gasteiger partial charge in [0, 0.05) is 12.5 Å². The number of carbonyl (C=O) groups excluding carboxylic acids is 1. The second-order valence-corrected chi connectivity index (χ2v) is 6.85. The van der Waals surface area contributed by atoms with Crippen LogP contribution in [0, 0.1) is 11.7 Å². The molecule has 0 radical (unpaired) electrons. The molecule has 1 saturated carbocycles. The lowest BCUT2D eigenvalue weighted by molar-refractivity contribution is -0.133. The SMILES string of the molecule is CCN(Cc1nc2ccccc2c(=O)[nH]1)C(=O)C1CC1c1ccccc1F. The second kappa shape index (κ2) is 6.95. The Kier molecular flexibility index (Phi) is 4.48. The van der Waals surface area contributed by atoms with Crippen LogP contribution in [-0.2, 0) is 11.3 Å². The minimum absolute atomic E-state index is 0.0263. The molecule has 138 valence electrons. The van der Waals surface area contributed by atoms with E-state index in [-0.39, 0.29) is 35.7 Å². The number of amides is 1. The molecule has 2 aromatic carbocycles. The number of rotatable bonds is 5. The van der Waals surface area contributed by atoms with Crippen molar-refractivity contribution in [2.45, 2.75) is 25.8 Å². The van der Waals surface area contributed by atoms with Gasteiger partial charge >= 0.3 is 0 Å². The Morgan fingerprint density at radius 1 is 1.22 bits per heavy atom. The smallest absolute Gasteiger partial charge is 0.258 e. The van der Waals surface area contributed by atoms with E-state index < -0.39 is 0 Å². The minimum atomic E-state index is -0.263. The lowest BCUT2D eigenvalue weighted by atomic mass is 10.1. The van der Waals surface area contributed by atoms with E-state index in [0.717, 1.165) is 0 Å². The summed E-state index contributed by atoms with van der Waals surface area (Å²) in [6, 6.07) is 13.7. The highest BCUT2D eigenvalue weighted by atomic mass is 19.1. The second-order valence-electron chi connectivity index (χ2n) is 6.85. The molecule has 1 fully saturated rings. The van der Waals surface area contributed by atoms with Crippen LogP contribution >= 0.6 is 0 Å². The van der Waals surface area contributed by atoms with Gasteiger partial charge in [-0.15, -0.1) is 0 Å². The van der Waals surface area contributed by atoms with Gasteiger partial charge in [-0.25, -0.2) is 9.37 Å². The highest BCUT2D eigenvalue weighted by molar-refractivity contribution is 5.83. The topological polar surface area (TPSA) is 66.1 Å². The van der Waals surface area contributed by atoms with E-state index in [1.807, 2.05) is 13.0 Å². The molecule has 1 aliphatic carbocycles. The number of nitrogens with zero attached hydrogens (tertiary/aromatic N) is 2. The third kappa shape index (κ3) is 3.35. The van der Waals surface area contributed by atoms with E-state index in [0.29, 0.717) is 35.3 Å². The molecule has 3 aromatic rings. The van der Waals surface area contributed by atoms with Gasteiger partial charge in [0.25, 0.3) is 5.56 Å². The number of aromatic nitrogens is 2. The highest BCUT2D eigenvalue weighted by Crippen LogP contribution is 2.49. The quantitative estimate of drug-likeness (QED) is 0.755. The molecular weight excluding hydrogens is 345 g/mol. The van der Waals surface area contributed by atoms with Crippen LogP contribution in [0.1, 0.15) is 30.7 Å². The molecule has 2 atom stereocenters. The lowest BCUT2D eigenvalue weighted by Gasteiger charge is -2.20. The van der Waals surface area contributed by atoms with Gasteiger partial charge in [-0.2, -0.15) is 0 Å². The van der Waals surface area contributed by atoms with Crippen molar-refractivity contribution >= 4 is 16.8 Å². The summed E-state index contributed by atoms with van der Waals surface area (Å²) in [5.41, 5.74) is 0.995. The average molecular weight is 365 g/mol. The first kappa shape index (κ1) is 17.4. The van der Waals surface area contributed by atoms with Crippen molar-refractivity contribution in [2.24, 2.45) is 5.92 Å². The molecule has 6 heteroatoms. The van der Waals surface area contributed by atoms with Gasteiger partial charge in [0.05, 0.1) is 17.4 Å². The first-order chi connectivity index (χ1) is 13.1. The van der Waals surface area contributed by atoms with Crippen molar-refractivity contribution in [3.63, 3.8) is 0 Å². The van der Waals surface area contributed by atoms with Crippen molar-refractivity contribution < 1.29 is 9.18 Å². The first-order valence-electron chi connectivity index (χ1n) is 9.09. The lowest BCUT2D eigenvalue weighted by Crippen LogP contribution is -2.33. The van der Waals surface area contributed by atoms with Gasteiger partial charge in [-0.1, -0.05) is 30.3 Å². The Labute approximate surface area is 155 Å². The highest BCUT2D eigenvalue weighted by Gasteiger charge is 2.46. The van der Waals surface area contributed by atoms with Gasteiger partial charge in [-0.3, -0.25) is 9.59 Å². The van der Waals surface area contributed by atoms with Crippen LogP contribution in [0.15, 0.2) is 53.3 Å². The third-order valence-corrected chi connectivity index (χ3v) is 5.11. The number of nitrogens with one attached hydrogen (secondary N) is 1. The summed E-state index contributed by atoms with van der Waals surface area (Å²) < 4.78 is 14.0. The molecule has 0 aliphatic heterocycles. The molecule has 5 nitrogen and oxygen atoms in total. The summed E-state index contributed by atoms with van der Waals surface area (Å²) in [6.45, 7) is 2.61. The number of carbonyl (C=O) groups is 1. The zero-order valence-electron chi connectivity index (χ0n) is 15.0. The van der Waals surface area contributed by atoms with Crippen molar-refractivity contribution in [3.05, 3.63) is 76.1 Å². The van der Waals surface area contributed by atoms with Crippen molar-refractivity contribution in [3.8, 4) is 0 Å². The molecule has 1 aromatic heterocycles. The Morgan fingerprint density at radius 2 is 1.96 bits per heavy atom. The van der Waals surface area contributed by atoms with E-state index in [1.54, 1.807) is 41.3 Å². The summed E-state index contributed by atoms with van der Waals surface area (Å²) in [5, 5.41) is 0.525. The number of hydrogen-bond donors (Lipinski definition) is 1. The van der Waals surface area contributed by atoms with Gasteiger partial charge in [0.15, 0.2) is 0 Å². The van der Waals surface area contributed by atoms with E-state index >= 15 is 0 Å². The average Bonchev–Trinajstić information content (AvgIpc) is 3.46. The van der Waals surface area contributed by atoms with E-state index in [9.17, 15) is 14.0 Å². The largest absolute Gasteiger partial charge is 0.335 e. The van der Waals surface area contributed by atoms with Crippen LogP contribution in [0.3, 0.4) is 0 Å². The van der Waals surface area contributed by atoms with Gasteiger partial charge in [0.2, 0.25) is 5.91 Å². The maximum atomic E-state index is 14.0. The Morgan fingerprint density at radius 3 is 2.74 bits per heavy atom. The maximum absolute atomic E-state index is 14.0. The van der Waals surface area contributed by atoms with Crippen LogP contribution in [0.4, 0.5) is 4.39 Å². The Hall–Kier alpha value is -3.02. The van der Waals surface area contributed by atoms with Crippen LogP contribution in [0.2, 0.25) is 0 Å². The van der Waals surface area contributed by atoms with E-state index in [4.69, 9.17) is 0 Å². The zero-order chi connectivity index (χ0) is 19.0. The Bertz CT molecular complexity index is 1060. The molecule has 4 rings (SSSR count). The summed E-state index contributed by atoms with van der Waals surface area (Å²) in [6.07, 6.45) is 0.651. The van der Waals surface area contributed by atoms with Crippen LogP contribution in [0.5, 0.6) is 0 Å². The fraction of sp³-hybridized carbons (Fsp3) is 0.286. The summed E-state index contributed by atoms with van der Waals surface area (Å²) in [7, 11) is 0. The van der Waals surface area contributed by atoms with Crippen molar-refractivity contribution in [2.75, 3.05) is 6.54 Å². The summed E-state index contributed by atoms with van der Waals surface area (Å²) in [5.74, 6) is -0.120. The number of para-hydroxylation sites is 1. The van der Waals surface area contributed by atoms with Crippen LogP contribution < -0.4 is 5.56 Å². The zero-order valence-corrected chi connectivity index (χ0v) is 15.0. The molecule has 1 heterocycles. The molecule has 1 amide bonds. The molecule has 1 aliphatic rings. The summed E-state index contributed by atoms with van der Waals surface area (Å²) in [4.78, 5) is 34.0. The molecule has 27 heavy (non-hydrogen) atoms. The Balaban J connectivity index is 1.52. The minimum Gasteiger partial charge on any atom is -0.335 e. The summed E-state index contributed by atoms with van der Waals surface area (Å²) >= 11 is 0. The maximum Gasteiger partial charge on any atom is 0.258 e. The van der Waals surface area contributed by atoms with Crippen molar-refractivity contribution in [1.82, 2.24) is 14.9 Å². The first-order valence-corrected chi connectivity index (χ1v) is 9.09. The predicted octanol–water partition coefficient (Wildman–Crippen LogP) is 3.21. The van der Waals surface area contributed by atoms with Gasteiger partial charge in [0.1, 0.15) is 11.6 Å². The molecule has 0 saturated heterocycles. The molecule has 0 bridgehead atoms. The number of H-pyrrole nitrogens is 1. The van der Waals surface area contributed by atoms with E-state index in [2.05, 4.69) is 9.97 Å². The molecule has 2 unspecified atom stereocenters. The molecular formula is C21H20FN3O2. The number of benzene rings is 2. The number of hydrogen-bond acceptors (Lipinski definition) is 3. The molecule has 1 N–H and O–H groups in total. The normalized spacial score (nSPS) is 18.4. The third-order valence-electron chi connectivity index (χ3n) is 5.11. The van der Waals surface area contributed by atoms with Crippen LogP contribution in [-0.4, -0.2) is 27.3 Å². The number of aromatic amines is 1. The monoisotopic (exact) mass is 365 g/mol. The standard InChI is InChI=1S/C21H20FN3O2/c1-2-25(12-19-23-18-10-6-4-8-14(18)20(26)24-19)21(27)16-11-15(16)13-7-3-5-9-17(13)22/h3-10,15-16H,2,11-12H2,1H3,(H,23,24,26).